The summed E-state index contributed by atoms with van der Waals surface area (Å²) >= 11 is 9.82. The number of carbonyl (C=O) groups is 1. The Morgan fingerprint density at radius 1 is 1.06 bits per heavy atom. The summed E-state index contributed by atoms with van der Waals surface area (Å²) in [6, 6.07) is 18.8. The first-order valence-corrected chi connectivity index (χ1v) is 11.3. The number of halogens is 2. The molecule has 0 spiro atoms. The molecule has 0 saturated carbocycles. The van der Waals surface area contributed by atoms with Crippen LogP contribution in [0.1, 0.15) is 26.3 Å². The van der Waals surface area contributed by atoms with Gasteiger partial charge in [0.25, 0.3) is 5.91 Å². The monoisotopic (exact) mass is 512 g/mol. The number of ether oxygens (including phenoxy) is 1. The van der Waals surface area contributed by atoms with E-state index in [9.17, 15) is 4.79 Å². The fourth-order valence-electron chi connectivity index (χ4n) is 3.13. The molecule has 4 aromatic rings. The Labute approximate surface area is 199 Å². The van der Waals surface area contributed by atoms with Crippen molar-refractivity contribution in [2.75, 3.05) is 5.32 Å². The third-order valence-corrected chi connectivity index (χ3v) is 5.87. The fraction of sp³-hybridized carbons (Fsp3) is 0.208. The summed E-state index contributed by atoms with van der Waals surface area (Å²) in [5, 5.41) is 12.3. The molecule has 4 rings (SSSR count). The summed E-state index contributed by atoms with van der Waals surface area (Å²) in [5.41, 5.74) is 2.68. The van der Waals surface area contributed by atoms with Gasteiger partial charge in [-0.1, -0.05) is 46.6 Å². The van der Waals surface area contributed by atoms with E-state index in [1.165, 1.54) is 5.56 Å². The molecule has 0 unspecified atom stereocenters. The second-order valence-electron chi connectivity index (χ2n) is 7.85. The van der Waals surface area contributed by atoms with Crippen molar-refractivity contribution in [1.29, 1.82) is 0 Å². The van der Waals surface area contributed by atoms with E-state index < -0.39 is 5.60 Å². The summed E-state index contributed by atoms with van der Waals surface area (Å²) in [6.07, 6.45) is 0.968. The molecule has 6 nitrogen and oxygen atoms in total. The van der Waals surface area contributed by atoms with Gasteiger partial charge in [0.05, 0.1) is 16.4 Å². The van der Waals surface area contributed by atoms with E-state index in [1.807, 2.05) is 24.3 Å². The third kappa shape index (κ3) is 4.79. The lowest BCUT2D eigenvalue weighted by atomic mass is 10.1. The minimum absolute atomic E-state index is 0.329. The highest BCUT2D eigenvalue weighted by atomic mass is 79.9. The van der Waals surface area contributed by atoms with Crippen LogP contribution >= 0.6 is 27.5 Å². The highest BCUT2D eigenvalue weighted by Gasteiger charge is 2.30. The number of nitrogens with one attached hydrogen (secondary N) is 1. The number of hydrogen-bond donors (Lipinski definition) is 1. The lowest BCUT2D eigenvalue weighted by Crippen LogP contribution is -2.42. The number of fused-ring (bicyclic) bond motifs is 1. The van der Waals surface area contributed by atoms with E-state index in [1.54, 1.807) is 42.9 Å². The Kier molecular flexibility index (Phi) is 6.22. The van der Waals surface area contributed by atoms with Crippen LogP contribution in [-0.4, -0.2) is 26.5 Å². The average Bonchev–Trinajstić information content (AvgIpc) is 3.18. The maximum Gasteiger partial charge on any atom is 0.268 e. The Bertz CT molecular complexity index is 1270. The smallest absolute Gasteiger partial charge is 0.268 e. The molecule has 8 heteroatoms. The van der Waals surface area contributed by atoms with Gasteiger partial charge in [0.1, 0.15) is 16.8 Å². The van der Waals surface area contributed by atoms with E-state index in [4.69, 9.17) is 16.3 Å². The molecule has 3 aromatic carbocycles. The van der Waals surface area contributed by atoms with Crippen LogP contribution in [0.4, 0.5) is 5.69 Å². The topological polar surface area (TPSA) is 69.0 Å². The molecule has 1 heterocycles. The largest absolute Gasteiger partial charge is 0.478 e. The van der Waals surface area contributed by atoms with E-state index in [0.717, 1.165) is 16.6 Å². The van der Waals surface area contributed by atoms with Crippen LogP contribution in [-0.2, 0) is 11.2 Å². The van der Waals surface area contributed by atoms with Crippen LogP contribution in [0.15, 0.2) is 65.1 Å². The molecule has 0 aliphatic carbocycles. The Morgan fingerprint density at radius 2 is 1.69 bits per heavy atom. The van der Waals surface area contributed by atoms with Gasteiger partial charge in [-0.3, -0.25) is 4.79 Å². The summed E-state index contributed by atoms with van der Waals surface area (Å²) in [5.74, 6) is 0.260. The molecule has 0 bridgehead atoms. The number of nitrogens with zero attached hydrogens (tertiary/aromatic N) is 3. The predicted octanol–water partition coefficient (Wildman–Crippen LogP) is 6.19. The van der Waals surface area contributed by atoms with Crippen LogP contribution in [0.3, 0.4) is 0 Å². The van der Waals surface area contributed by atoms with Gasteiger partial charge in [-0.15, -0.1) is 10.2 Å². The molecule has 0 saturated heterocycles. The van der Waals surface area contributed by atoms with Crippen molar-refractivity contribution >= 4 is 50.2 Å². The number of carbonyl (C=O) groups excluding carboxylic acids is 1. The quantitative estimate of drug-likeness (QED) is 0.333. The first kappa shape index (κ1) is 22.3. The Morgan fingerprint density at radius 3 is 2.31 bits per heavy atom. The van der Waals surface area contributed by atoms with Crippen molar-refractivity contribution in [3.05, 3.63) is 75.7 Å². The summed E-state index contributed by atoms with van der Waals surface area (Å²) < 4.78 is 6.82. The van der Waals surface area contributed by atoms with Gasteiger partial charge in [0.15, 0.2) is 5.60 Å². The molecule has 0 fully saturated rings. The molecule has 0 aliphatic heterocycles. The summed E-state index contributed by atoms with van der Waals surface area (Å²) in [7, 11) is 0. The number of hydrogen-bond acceptors (Lipinski definition) is 4. The van der Waals surface area contributed by atoms with Crippen molar-refractivity contribution < 1.29 is 9.53 Å². The molecular weight excluding hydrogens is 492 g/mol. The van der Waals surface area contributed by atoms with Crippen LogP contribution < -0.4 is 10.1 Å². The first-order valence-electron chi connectivity index (χ1n) is 10.2. The highest BCUT2D eigenvalue weighted by Crippen LogP contribution is 2.29. The zero-order chi connectivity index (χ0) is 22.9. The SMILES string of the molecule is CCc1ccc(-n2nc3cc(Cl)c(NC(=O)C(C)(C)Oc4ccc(Br)cc4)cc3n2)cc1. The van der Waals surface area contributed by atoms with Crippen LogP contribution in [0.5, 0.6) is 5.75 Å². The van der Waals surface area contributed by atoms with Crippen molar-refractivity contribution in [3.8, 4) is 11.4 Å². The van der Waals surface area contributed by atoms with Crippen LogP contribution in [0.2, 0.25) is 5.02 Å². The molecule has 0 aliphatic rings. The van der Waals surface area contributed by atoms with Crippen molar-refractivity contribution in [1.82, 2.24) is 15.0 Å². The van der Waals surface area contributed by atoms with Gasteiger partial charge < -0.3 is 10.1 Å². The molecule has 1 amide bonds. The molecule has 0 atom stereocenters. The normalized spacial score (nSPS) is 11.5. The molecular formula is C24H22BrClN4O2. The predicted molar refractivity (Wildman–Crippen MR) is 131 cm³/mol. The van der Waals surface area contributed by atoms with Gasteiger partial charge in [0, 0.05) is 4.47 Å². The fourth-order valence-corrected chi connectivity index (χ4v) is 3.60. The maximum atomic E-state index is 12.9. The van der Waals surface area contributed by atoms with Crippen molar-refractivity contribution in [2.45, 2.75) is 32.8 Å². The second-order valence-corrected chi connectivity index (χ2v) is 9.17. The number of benzene rings is 3. The number of aromatic nitrogens is 3. The molecule has 1 N–H and O–H groups in total. The molecule has 1 aromatic heterocycles. The number of aryl methyl sites for hydroxylation is 1. The minimum Gasteiger partial charge on any atom is -0.478 e. The zero-order valence-electron chi connectivity index (χ0n) is 17.9. The number of rotatable bonds is 6. The Balaban J connectivity index is 1.56. The number of anilines is 1. The van der Waals surface area contributed by atoms with Gasteiger partial charge in [-0.25, -0.2) is 0 Å². The number of amides is 1. The van der Waals surface area contributed by atoms with E-state index >= 15 is 0 Å². The maximum absolute atomic E-state index is 12.9. The van der Waals surface area contributed by atoms with Crippen LogP contribution in [0.25, 0.3) is 16.7 Å². The zero-order valence-corrected chi connectivity index (χ0v) is 20.2. The Hall–Kier alpha value is -2.90. The molecule has 164 valence electrons. The van der Waals surface area contributed by atoms with Gasteiger partial charge >= 0.3 is 0 Å². The second kappa shape index (κ2) is 8.92. The summed E-state index contributed by atoms with van der Waals surface area (Å²) in [6.45, 7) is 5.51. The minimum atomic E-state index is -1.12. The first-order chi connectivity index (χ1) is 15.2. The van der Waals surface area contributed by atoms with E-state index in [2.05, 4.69) is 50.5 Å². The average molecular weight is 514 g/mol. The summed E-state index contributed by atoms with van der Waals surface area (Å²) in [4.78, 5) is 14.5. The van der Waals surface area contributed by atoms with Gasteiger partial charge in [-0.05, 0) is 74.4 Å². The van der Waals surface area contributed by atoms with Gasteiger partial charge in [0.2, 0.25) is 0 Å². The van der Waals surface area contributed by atoms with Gasteiger partial charge in [-0.2, -0.15) is 4.80 Å². The molecule has 32 heavy (non-hydrogen) atoms. The van der Waals surface area contributed by atoms with Crippen LogP contribution in [0, 0.1) is 0 Å². The molecule has 0 radical (unpaired) electrons. The van der Waals surface area contributed by atoms with Crippen molar-refractivity contribution in [2.24, 2.45) is 0 Å². The van der Waals surface area contributed by atoms with E-state index in [-0.39, 0.29) is 5.91 Å². The lowest BCUT2D eigenvalue weighted by molar-refractivity contribution is -0.128. The lowest BCUT2D eigenvalue weighted by Gasteiger charge is -2.25. The highest BCUT2D eigenvalue weighted by molar-refractivity contribution is 9.10. The third-order valence-electron chi connectivity index (χ3n) is 5.03. The van der Waals surface area contributed by atoms with E-state index in [0.29, 0.717) is 27.5 Å². The van der Waals surface area contributed by atoms with Crippen molar-refractivity contribution in [3.63, 3.8) is 0 Å². The standard InChI is InChI=1S/C24H22BrClN4O2/c1-4-15-5-9-17(10-6-15)30-28-21-13-19(26)20(14-22(21)29-30)27-23(31)24(2,3)32-18-11-7-16(25)8-12-18/h5-14H,4H2,1-3H3,(H,27,31).